The summed E-state index contributed by atoms with van der Waals surface area (Å²) in [4.78, 5) is 24.3. The molecule has 0 aliphatic heterocycles. The van der Waals surface area contributed by atoms with Crippen molar-refractivity contribution in [2.45, 2.75) is 6.92 Å². The van der Waals surface area contributed by atoms with Crippen LogP contribution in [-0.4, -0.2) is 33.6 Å². The van der Waals surface area contributed by atoms with Crippen molar-refractivity contribution in [2.24, 2.45) is 0 Å². The first-order valence-corrected chi connectivity index (χ1v) is 9.27. The third-order valence-electron chi connectivity index (χ3n) is 4.27. The van der Waals surface area contributed by atoms with Crippen LogP contribution in [0.3, 0.4) is 0 Å². The minimum Gasteiger partial charge on any atom is -0.453 e. The summed E-state index contributed by atoms with van der Waals surface area (Å²) in [5.74, 6) is 0.177. The topological polar surface area (TPSA) is 72.1 Å². The van der Waals surface area contributed by atoms with Crippen LogP contribution in [0.2, 0.25) is 0 Å². The molecule has 5 nitrogen and oxygen atoms in total. The fraction of sp³-hybridized carbons (Fsp3) is 0.150. The maximum atomic E-state index is 12.6. The summed E-state index contributed by atoms with van der Waals surface area (Å²) >= 11 is 1.15. The highest BCUT2D eigenvalue weighted by molar-refractivity contribution is 8.13. The monoisotopic (exact) mass is 364 g/mol. The average Bonchev–Trinajstić information content (AvgIpc) is 3.11. The fourth-order valence-corrected chi connectivity index (χ4v) is 3.59. The molecule has 1 aromatic heterocycles. The van der Waals surface area contributed by atoms with Gasteiger partial charge in [-0.2, -0.15) is 5.10 Å². The summed E-state index contributed by atoms with van der Waals surface area (Å²) in [6, 6.07) is 13.6. The van der Waals surface area contributed by atoms with Gasteiger partial charge in [-0.1, -0.05) is 43.0 Å². The lowest BCUT2D eigenvalue weighted by Gasteiger charge is -2.10. The van der Waals surface area contributed by atoms with Gasteiger partial charge in [0.25, 0.3) is 0 Å². The summed E-state index contributed by atoms with van der Waals surface area (Å²) in [5.41, 5.74) is 1.41. The lowest BCUT2D eigenvalue weighted by atomic mass is 9.97. The van der Waals surface area contributed by atoms with Crippen LogP contribution in [0.15, 0.2) is 48.7 Å². The number of H-pyrrole nitrogens is 1. The number of esters is 1. The van der Waals surface area contributed by atoms with Crippen molar-refractivity contribution >= 4 is 55.3 Å². The lowest BCUT2D eigenvalue weighted by molar-refractivity contribution is -0.113. The Kier molecular flexibility index (Phi) is 4.34. The van der Waals surface area contributed by atoms with Gasteiger partial charge in [0.1, 0.15) is 0 Å². The van der Waals surface area contributed by atoms with E-state index in [0.717, 1.165) is 44.2 Å². The average molecular weight is 364 g/mol. The van der Waals surface area contributed by atoms with Gasteiger partial charge in [-0.05, 0) is 40.1 Å². The first-order valence-electron chi connectivity index (χ1n) is 8.28. The molecule has 130 valence electrons. The van der Waals surface area contributed by atoms with Gasteiger partial charge in [0.15, 0.2) is 6.61 Å². The SMILES string of the molecule is CCSC(=O)COC(=O)c1cccc2ccc3cc4[nH]ncc4cc3c12. The van der Waals surface area contributed by atoms with Gasteiger partial charge in [0, 0.05) is 10.8 Å². The second-order valence-corrected chi connectivity index (χ2v) is 7.20. The largest absolute Gasteiger partial charge is 0.453 e. The highest BCUT2D eigenvalue weighted by Crippen LogP contribution is 2.31. The number of thioether (sulfide) groups is 1. The molecule has 0 saturated carbocycles. The van der Waals surface area contributed by atoms with Crippen LogP contribution in [-0.2, 0) is 9.53 Å². The Balaban J connectivity index is 1.83. The number of rotatable bonds is 4. The molecule has 0 fully saturated rings. The lowest BCUT2D eigenvalue weighted by Crippen LogP contribution is -2.12. The summed E-state index contributed by atoms with van der Waals surface area (Å²) in [6.07, 6.45) is 1.76. The summed E-state index contributed by atoms with van der Waals surface area (Å²) in [7, 11) is 0. The van der Waals surface area contributed by atoms with Crippen LogP contribution >= 0.6 is 11.8 Å². The second-order valence-electron chi connectivity index (χ2n) is 5.88. The van der Waals surface area contributed by atoms with E-state index in [1.165, 1.54) is 0 Å². The van der Waals surface area contributed by atoms with Crippen molar-refractivity contribution < 1.29 is 14.3 Å². The molecule has 0 atom stereocenters. The van der Waals surface area contributed by atoms with Crippen molar-refractivity contribution in [3.63, 3.8) is 0 Å². The molecule has 3 aromatic carbocycles. The third kappa shape index (κ3) is 2.93. The van der Waals surface area contributed by atoms with E-state index in [2.05, 4.69) is 10.2 Å². The van der Waals surface area contributed by atoms with Gasteiger partial charge in [0.2, 0.25) is 5.12 Å². The fourth-order valence-electron chi connectivity index (χ4n) is 3.13. The zero-order valence-electron chi connectivity index (χ0n) is 14.1. The number of nitrogens with one attached hydrogen (secondary N) is 1. The van der Waals surface area contributed by atoms with E-state index < -0.39 is 5.97 Å². The molecular weight excluding hydrogens is 348 g/mol. The van der Waals surface area contributed by atoms with E-state index in [1.54, 1.807) is 12.3 Å². The minimum atomic E-state index is -0.486. The first kappa shape index (κ1) is 16.6. The molecule has 0 radical (unpaired) electrons. The Bertz CT molecular complexity index is 1150. The van der Waals surface area contributed by atoms with Gasteiger partial charge in [-0.25, -0.2) is 4.79 Å². The zero-order chi connectivity index (χ0) is 18.1. The number of aromatic amines is 1. The number of hydrogen-bond acceptors (Lipinski definition) is 5. The summed E-state index contributed by atoms with van der Waals surface area (Å²) in [6.45, 7) is 1.67. The van der Waals surface area contributed by atoms with E-state index in [9.17, 15) is 9.59 Å². The predicted octanol–water partition coefficient (Wildman–Crippen LogP) is 4.31. The molecule has 0 aliphatic rings. The smallest absolute Gasteiger partial charge is 0.339 e. The van der Waals surface area contributed by atoms with E-state index in [-0.39, 0.29) is 11.7 Å². The summed E-state index contributed by atoms with van der Waals surface area (Å²) < 4.78 is 5.24. The second kappa shape index (κ2) is 6.80. The van der Waals surface area contributed by atoms with Crippen LogP contribution in [0.5, 0.6) is 0 Å². The van der Waals surface area contributed by atoms with Gasteiger partial charge in [-0.15, -0.1) is 0 Å². The zero-order valence-corrected chi connectivity index (χ0v) is 14.9. The Morgan fingerprint density at radius 3 is 2.81 bits per heavy atom. The molecule has 1 heterocycles. The van der Waals surface area contributed by atoms with E-state index >= 15 is 0 Å². The van der Waals surface area contributed by atoms with Crippen molar-refractivity contribution in [3.8, 4) is 0 Å². The number of fused-ring (bicyclic) bond motifs is 4. The van der Waals surface area contributed by atoms with E-state index in [1.807, 2.05) is 43.3 Å². The molecule has 0 spiro atoms. The highest BCUT2D eigenvalue weighted by atomic mass is 32.2. The maximum Gasteiger partial charge on any atom is 0.339 e. The first-order chi connectivity index (χ1) is 12.7. The molecular formula is C20H16N2O3S. The molecule has 0 aliphatic carbocycles. The van der Waals surface area contributed by atoms with Crippen molar-refractivity contribution in [1.29, 1.82) is 0 Å². The number of ether oxygens (including phenoxy) is 1. The molecule has 0 saturated heterocycles. The normalized spacial score (nSPS) is 11.3. The van der Waals surface area contributed by atoms with Crippen LogP contribution in [0.25, 0.3) is 32.4 Å². The number of hydrogen-bond donors (Lipinski definition) is 1. The van der Waals surface area contributed by atoms with Crippen molar-refractivity contribution in [1.82, 2.24) is 10.2 Å². The quantitative estimate of drug-likeness (QED) is 0.432. The number of benzene rings is 3. The van der Waals surface area contributed by atoms with Crippen LogP contribution in [0, 0.1) is 0 Å². The Morgan fingerprint density at radius 2 is 1.96 bits per heavy atom. The molecule has 4 rings (SSSR count). The van der Waals surface area contributed by atoms with Crippen LogP contribution in [0.1, 0.15) is 17.3 Å². The molecule has 6 heteroatoms. The molecule has 1 N–H and O–H groups in total. The molecule has 26 heavy (non-hydrogen) atoms. The molecule has 0 unspecified atom stereocenters. The van der Waals surface area contributed by atoms with E-state index in [0.29, 0.717) is 11.3 Å². The van der Waals surface area contributed by atoms with Gasteiger partial charge >= 0.3 is 5.97 Å². The number of carbonyl (C=O) groups is 2. The Labute approximate surface area is 153 Å². The Hall–Kier alpha value is -2.86. The third-order valence-corrected chi connectivity index (χ3v) is 4.99. The van der Waals surface area contributed by atoms with E-state index in [4.69, 9.17) is 4.74 Å². The number of carbonyl (C=O) groups excluding carboxylic acids is 2. The van der Waals surface area contributed by atoms with Crippen LogP contribution < -0.4 is 0 Å². The number of nitrogens with zero attached hydrogens (tertiary/aromatic N) is 1. The highest BCUT2D eigenvalue weighted by Gasteiger charge is 2.16. The number of aromatic nitrogens is 2. The maximum absolute atomic E-state index is 12.6. The molecule has 0 bridgehead atoms. The molecule has 4 aromatic rings. The molecule has 0 amide bonds. The van der Waals surface area contributed by atoms with Crippen molar-refractivity contribution in [2.75, 3.05) is 12.4 Å². The van der Waals surface area contributed by atoms with Gasteiger partial charge in [0.05, 0.1) is 17.3 Å². The minimum absolute atomic E-state index is 0.147. The van der Waals surface area contributed by atoms with Gasteiger partial charge < -0.3 is 4.74 Å². The van der Waals surface area contributed by atoms with Crippen molar-refractivity contribution in [3.05, 3.63) is 54.2 Å². The Morgan fingerprint density at radius 1 is 1.12 bits per heavy atom. The summed E-state index contributed by atoms with van der Waals surface area (Å²) in [5, 5.41) is 11.6. The standard InChI is InChI=1S/C20H16N2O3S/c1-2-26-18(23)11-25-20(24)15-5-3-4-12-6-7-13-9-17-14(10-21-22-17)8-16(13)19(12)15/h3-10H,2,11H2,1H3,(H,21,22). The predicted molar refractivity (Wildman–Crippen MR) is 105 cm³/mol. The van der Waals surface area contributed by atoms with Gasteiger partial charge in [-0.3, -0.25) is 9.89 Å². The van der Waals surface area contributed by atoms with Crippen LogP contribution in [0.4, 0.5) is 0 Å².